The predicted octanol–water partition coefficient (Wildman–Crippen LogP) is 3.96. The number of hydrogen-bond acceptors (Lipinski definition) is 5. The number of nitrogens with one attached hydrogen (secondary N) is 1. The first-order valence-corrected chi connectivity index (χ1v) is 7.92. The van der Waals surface area contributed by atoms with E-state index in [4.69, 9.17) is 9.68 Å². The lowest BCUT2D eigenvalue weighted by atomic mass is 10.2. The van der Waals surface area contributed by atoms with Gasteiger partial charge in [-0.1, -0.05) is 12.1 Å². The molecule has 3 aromatic rings. The van der Waals surface area contributed by atoms with Gasteiger partial charge < -0.3 is 9.73 Å². The highest BCUT2D eigenvalue weighted by Crippen LogP contribution is 2.26. The van der Waals surface area contributed by atoms with Gasteiger partial charge in [0.1, 0.15) is 10.9 Å². The van der Waals surface area contributed by atoms with Crippen molar-refractivity contribution in [2.75, 3.05) is 11.1 Å². The van der Waals surface area contributed by atoms with Crippen LogP contribution in [0.4, 0.5) is 5.69 Å². The third kappa shape index (κ3) is 3.52. The third-order valence-corrected chi connectivity index (χ3v) is 3.74. The van der Waals surface area contributed by atoms with Gasteiger partial charge in [-0.2, -0.15) is 5.26 Å². The molecule has 0 unspecified atom stereocenters. The Bertz CT molecular complexity index is 912. The molecule has 2 aromatic carbocycles. The van der Waals surface area contributed by atoms with E-state index in [2.05, 4.69) is 10.3 Å². The fraction of sp³-hybridized carbons (Fsp3) is 0.118. The molecule has 0 aliphatic rings. The maximum atomic E-state index is 11.7. The highest BCUT2D eigenvalue weighted by molar-refractivity contribution is 8.04. The summed E-state index contributed by atoms with van der Waals surface area (Å²) in [5.74, 6) is 0.387. The molecule has 1 aromatic heterocycles. The molecule has 114 valence electrons. The maximum Gasteiger partial charge on any atom is 0.235 e. The number of nitrogens with zero attached hydrogens (tertiary/aromatic N) is 2. The van der Waals surface area contributed by atoms with Crippen molar-refractivity contribution < 1.29 is 9.21 Å². The lowest BCUT2D eigenvalue weighted by molar-refractivity contribution is -0.113. The fourth-order valence-corrected chi connectivity index (χ4v) is 2.45. The van der Waals surface area contributed by atoms with E-state index in [1.165, 1.54) is 0 Å². The molecule has 0 radical (unpaired) electrons. The summed E-state index contributed by atoms with van der Waals surface area (Å²) in [6, 6.07) is 13.1. The number of nitriles is 1. The van der Waals surface area contributed by atoms with Gasteiger partial charge in [0, 0.05) is 11.3 Å². The number of benzene rings is 2. The number of amides is 1. The molecule has 5 nitrogen and oxygen atoms in total. The molecule has 1 amide bonds. The van der Waals surface area contributed by atoms with Gasteiger partial charge in [-0.05, 0) is 54.6 Å². The lowest BCUT2D eigenvalue weighted by Crippen LogP contribution is -2.13. The summed E-state index contributed by atoms with van der Waals surface area (Å²) in [7, 11) is 0. The van der Waals surface area contributed by atoms with Crippen molar-refractivity contribution in [3.63, 3.8) is 0 Å². The molecule has 3 rings (SSSR count). The molecule has 0 atom stereocenters. The molecule has 0 bridgehead atoms. The minimum Gasteiger partial charge on any atom is -0.436 e. The fourth-order valence-electron chi connectivity index (χ4n) is 2.19. The summed E-state index contributed by atoms with van der Waals surface area (Å²) < 4.78 is 5.76. The van der Waals surface area contributed by atoms with Crippen LogP contribution in [0.25, 0.3) is 22.6 Å². The van der Waals surface area contributed by atoms with Gasteiger partial charge in [-0.25, -0.2) is 4.98 Å². The number of carbonyl (C=O) groups excluding carboxylic acids is 1. The van der Waals surface area contributed by atoms with Gasteiger partial charge >= 0.3 is 0 Å². The normalized spacial score (nSPS) is 10.4. The Labute approximate surface area is 137 Å². The quantitative estimate of drug-likeness (QED) is 0.735. The predicted molar refractivity (Wildman–Crippen MR) is 90.9 cm³/mol. The van der Waals surface area contributed by atoms with E-state index >= 15 is 0 Å². The second kappa shape index (κ2) is 6.55. The molecule has 23 heavy (non-hydrogen) atoms. The van der Waals surface area contributed by atoms with Crippen molar-refractivity contribution in [1.29, 1.82) is 5.26 Å². The molecule has 1 heterocycles. The molecule has 0 aliphatic carbocycles. The summed E-state index contributed by atoms with van der Waals surface area (Å²) in [5, 5.41) is 13.1. The molecule has 0 saturated heterocycles. The molecule has 0 spiro atoms. The number of carbonyl (C=O) groups is 1. The Kier molecular flexibility index (Phi) is 4.31. The molecule has 0 fully saturated rings. The van der Waals surface area contributed by atoms with Gasteiger partial charge in [0.2, 0.25) is 11.8 Å². The number of anilines is 1. The van der Waals surface area contributed by atoms with Crippen molar-refractivity contribution >= 4 is 34.5 Å². The summed E-state index contributed by atoms with van der Waals surface area (Å²) in [6.07, 6.45) is 0. The SMILES string of the molecule is Cc1ccc2oc(-c3cccc(NC(=O)CSC#N)c3)nc2c1. The molecule has 6 heteroatoms. The molecule has 1 N–H and O–H groups in total. The van der Waals surface area contributed by atoms with E-state index in [0.717, 1.165) is 34.0 Å². The van der Waals surface area contributed by atoms with Crippen LogP contribution in [0.1, 0.15) is 5.56 Å². The van der Waals surface area contributed by atoms with Crippen LogP contribution in [-0.2, 0) is 4.79 Å². The number of thioether (sulfide) groups is 1. The van der Waals surface area contributed by atoms with E-state index in [0.29, 0.717) is 11.6 Å². The van der Waals surface area contributed by atoms with Crippen LogP contribution in [-0.4, -0.2) is 16.6 Å². The van der Waals surface area contributed by atoms with Crippen LogP contribution < -0.4 is 5.32 Å². The molecular formula is C17H13N3O2S. The second-order valence-corrected chi connectivity index (χ2v) is 5.76. The van der Waals surface area contributed by atoms with E-state index in [1.807, 2.05) is 42.7 Å². The first kappa shape index (κ1) is 15.1. The van der Waals surface area contributed by atoms with Crippen molar-refractivity contribution in [3.05, 3.63) is 48.0 Å². The largest absolute Gasteiger partial charge is 0.436 e. The number of thiocyanates is 1. The zero-order valence-corrected chi connectivity index (χ0v) is 13.2. The Balaban J connectivity index is 1.86. The second-order valence-electron chi connectivity index (χ2n) is 5.00. The van der Waals surface area contributed by atoms with E-state index in [-0.39, 0.29) is 11.7 Å². The summed E-state index contributed by atoms with van der Waals surface area (Å²) in [6.45, 7) is 2.00. The first-order valence-electron chi connectivity index (χ1n) is 6.94. The van der Waals surface area contributed by atoms with Crippen molar-refractivity contribution in [1.82, 2.24) is 4.98 Å². The van der Waals surface area contributed by atoms with Crippen LogP contribution in [0, 0.1) is 17.6 Å². The average Bonchev–Trinajstić information content (AvgIpc) is 2.96. The van der Waals surface area contributed by atoms with Crippen molar-refractivity contribution in [2.45, 2.75) is 6.92 Å². The standard InChI is InChI=1S/C17H13N3O2S/c1-11-5-6-15-14(7-11)20-17(22-15)12-3-2-4-13(8-12)19-16(21)9-23-10-18/h2-8H,9H2,1H3,(H,19,21). The average molecular weight is 323 g/mol. The Morgan fingerprint density at radius 1 is 1.35 bits per heavy atom. The number of oxazole rings is 1. The highest BCUT2D eigenvalue weighted by atomic mass is 32.2. The number of rotatable bonds is 4. The number of aryl methyl sites for hydroxylation is 1. The smallest absolute Gasteiger partial charge is 0.235 e. The summed E-state index contributed by atoms with van der Waals surface area (Å²) in [4.78, 5) is 16.2. The number of hydrogen-bond donors (Lipinski definition) is 1. The molecular weight excluding hydrogens is 310 g/mol. The highest BCUT2D eigenvalue weighted by Gasteiger charge is 2.10. The first-order chi connectivity index (χ1) is 11.2. The Morgan fingerprint density at radius 2 is 2.22 bits per heavy atom. The Hall–Kier alpha value is -2.78. The molecule has 0 aliphatic heterocycles. The van der Waals surface area contributed by atoms with Crippen LogP contribution >= 0.6 is 11.8 Å². The maximum absolute atomic E-state index is 11.7. The van der Waals surface area contributed by atoms with Gasteiger partial charge in [-0.15, -0.1) is 0 Å². The van der Waals surface area contributed by atoms with Crippen molar-refractivity contribution in [2.24, 2.45) is 0 Å². The van der Waals surface area contributed by atoms with Gasteiger partial charge in [-0.3, -0.25) is 4.79 Å². The van der Waals surface area contributed by atoms with Gasteiger partial charge in [0.05, 0.1) is 5.75 Å². The van der Waals surface area contributed by atoms with E-state index in [1.54, 1.807) is 12.1 Å². The molecule has 0 saturated carbocycles. The van der Waals surface area contributed by atoms with Crippen LogP contribution in [0.3, 0.4) is 0 Å². The number of fused-ring (bicyclic) bond motifs is 1. The zero-order valence-electron chi connectivity index (χ0n) is 12.4. The topological polar surface area (TPSA) is 78.9 Å². The summed E-state index contributed by atoms with van der Waals surface area (Å²) >= 11 is 0.903. The van der Waals surface area contributed by atoms with E-state index < -0.39 is 0 Å². The van der Waals surface area contributed by atoms with Gasteiger partial charge in [0.25, 0.3) is 0 Å². The third-order valence-electron chi connectivity index (χ3n) is 3.20. The van der Waals surface area contributed by atoms with Gasteiger partial charge in [0.15, 0.2) is 5.58 Å². The van der Waals surface area contributed by atoms with Crippen LogP contribution in [0.5, 0.6) is 0 Å². The summed E-state index contributed by atoms with van der Waals surface area (Å²) in [5.41, 5.74) is 4.08. The Morgan fingerprint density at radius 3 is 3.04 bits per heavy atom. The van der Waals surface area contributed by atoms with Crippen molar-refractivity contribution in [3.8, 4) is 16.9 Å². The number of aromatic nitrogens is 1. The minimum absolute atomic E-state index is 0.100. The van der Waals surface area contributed by atoms with E-state index in [9.17, 15) is 4.79 Å². The van der Waals surface area contributed by atoms with Crippen LogP contribution in [0.2, 0.25) is 0 Å². The lowest BCUT2D eigenvalue weighted by Gasteiger charge is -2.04. The van der Waals surface area contributed by atoms with Crippen LogP contribution in [0.15, 0.2) is 46.9 Å². The zero-order chi connectivity index (χ0) is 16.2. The monoisotopic (exact) mass is 323 g/mol. The minimum atomic E-state index is -0.220.